The molecule has 0 aliphatic carbocycles. The van der Waals surface area contributed by atoms with Crippen molar-refractivity contribution in [2.75, 3.05) is 33.4 Å². The molecule has 2 atom stereocenters. The summed E-state index contributed by atoms with van der Waals surface area (Å²) in [5, 5.41) is 10.2. The Kier molecular flexibility index (Phi) is 7.96. The van der Waals surface area contributed by atoms with Gasteiger partial charge in [0.2, 0.25) is 5.75 Å². The van der Waals surface area contributed by atoms with E-state index in [1.165, 1.54) is 11.9 Å². The van der Waals surface area contributed by atoms with Gasteiger partial charge >= 0.3 is 6.09 Å². The van der Waals surface area contributed by atoms with E-state index in [2.05, 4.69) is 38.8 Å². The maximum atomic E-state index is 12.3. The first-order chi connectivity index (χ1) is 18.9. The number of hydrogen-bond acceptors (Lipinski definition) is 7. The highest BCUT2D eigenvalue weighted by Gasteiger charge is 2.32. The molecule has 2 aromatic carbocycles. The summed E-state index contributed by atoms with van der Waals surface area (Å²) >= 11 is 0. The summed E-state index contributed by atoms with van der Waals surface area (Å²) in [6.45, 7) is 5.48. The minimum absolute atomic E-state index is 0.0644. The number of cyclic esters (lactones) is 1. The molecule has 0 bridgehead atoms. The molecule has 39 heavy (non-hydrogen) atoms. The lowest BCUT2D eigenvalue weighted by Crippen LogP contribution is -2.50. The Labute approximate surface area is 227 Å². The molecular weight excluding hydrogens is 496 g/mol. The Morgan fingerprint density at radius 1 is 1.10 bits per heavy atom. The molecule has 2 aliphatic heterocycles. The zero-order chi connectivity index (χ0) is 27.4. The first-order valence-corrected chi connectivity index (χ1v) is 13.0. The molecule has 0 saturated carbocycles. The van der Waals surface area contributed by atoms with E-state index in [0.717, 1.165) is 36.3 Å². The first-order valence-electron chi connectivity index (χ1n) is 13.0. The highest BCUT2D eigenvalue weighted by atomic mass is 16.6. The van der Waals surface area contributed by atoms with Crippen LogP contribution in [0.3, 0.4) is 0 Å². The summed E-state index contributed by atoms with van der Waals surface area (Å²) in [5.41, 5.74) is 3.69. The van der Waals surface area contributed by atoms with Crippen LogP contribution in [0.15, 0.2) is 59.7 Å². The van der Waals surface area contributed by atoms with E-state index in [0.29, 0.717) is 19.3 Å². The molecule has 3 aromatic rings. The van der Waals surface area contributed by atoms with Gasteiger partial charge in [0.25, 0.3) is 5.56 Å². The average Bonchev–Trinajstić information content (AvgIpc) is 3.24. The molecule has 2 N–H and O–H groups in total. The van der Waals surface area contributed by atoms with E-state index < -0.39 is 11.3 Å². The Morgan fingerprint density at radius 2 is 1.77 bits per heavy atom. The van der Waals surface area contributed by atoms with Gasteiger partial charge in [-0.3, -0.25) is 9.69 Å². The molecule has 2 saturated heterocycles. The summed E-state index contributed by atoms with van der Waals surface area (Å²) in [5.74, 6) is 5.83. The minimum atomic E-state index is -0.591. The van der Waals surface area contributed by atoms with E-state index in [9.17, 15) is 14.7 Å². The third-order valence-corrected chi connectivity index (χ3v) is 7.33. The number of aromatic nitrogens is 2. The molecule has 3 heterocycles. The van der Waals surface area contributed by atoms with Crippen molar-refractivity contribution in [1.82, 2.24) is 19.8 Å². The summed E-state index contributed by atoms with van der Waals surface area (Å²) in [6.07, 6.45) is 1.54. The fourth-order valence-corrected chi connectivity index (χ4v) is 4.87. The van der Waals surface area contributed by atoms with Gasteiger partial charge in [-0.2, -0.15) is 0 Å². The third kappa shape index (κ3) is 6.30. The second-order valence-electron chi connectivity index (χ2n) is 10.1. The molecule has 9 nitrogen and oxygen atoms in total. The second-order valence-corrected chi connectivity index (χ2v) is 10.1. The predicted octanol–water partition coefficient (Wildman–Crippen LogP) is 2.87. The summed E-state index contributed by atoms with van der Waals surface area (Å²) in [7, 11) is 1.76. The highest BCUT2D eigenvalue weighted by Crippen LogP contribution is 2.27. The van der Waals surface area contributed by atoms with E-state index in [1.54, 1.807) is 12.0 Å². The average molecular weight is 529 g/mol. The van der Waals surface area contributed by atoms with Gasteiger partial charge in [-0.15, -0.1) is 0 Å². The number of nitrogens with one attached hydrogen (secondary N) is 1. The Balaban J connectivity index is 1.28. The van der Waals surface area contributed by atoms with Crippen molar-refractivity contribution < 1.29 is 19.4 Å². The Morgan fingerprint density at radius 3 is 2.38 bits per heavy atom. The van der Waals surface area contributed by atoms with Gasteiger partial charge in [0, 0.05) is 56.8 Å². The number of likely N-dealkylation sites (tertiary alicyclic amines) is 1. The van der Waals surface area contributed by atoms with Crippen molar-refractivity contribution in [1.29, 1.82) is 0 Å². The van der Waals surface area contributed by atoms with Gasteiger partial charge in [-0.25, -0.2) is 9.78 Å². The molecule has 0 spiro atoms. The van der Waals surface area contributed by atoms with E-state index >= 15 is 0 Å². The number of aromatic amines is 1. The standard InChI is InChI=1S/C30H32N4O5/c1-20-18-39-30(37)34(20)15-25(13-27-28(35)29(36)32-19-31-27)24-11-9-22(10-12-24)4-3-21-5-7-23(8-6-21)14-33-16-26(17-33)38-2/h5-12,19-20,25-26,35H,13-18H2,1-2H3,(H,31,32,36)/t20-,25?/m0/s1. The van der Waals surface area contributed by atoms with Crippen LogP contribution in [-0.2, 0) is 22.4 Å². The van der Waals surface area contributed by atoms with Gasteiger partial charge in [0.05, 0.1) is 24.2 Å². The van der Waals surface area contributed by atoms with Crippen LogP contribution >= 0.6 is 0 Å². The van der Waals surface area contributed by atoms with Crippen LogP contribution in [0.25, 0.3) is 0 Å². The molecule has 202 valence electrons. The van der Waals surface area contributed by atoms with Gasteiger partial charge < -0.3 is 24.5 Å². The van der Waals surface area contributed by atoms with Gasteiger partial charge in [-0.05, 0) is 42.3 Å². The van der Waals surface area contributed by atoms with Crippen molar-refractivity contribution in [3.8, 4) is 17.6 Å². The fraction of sp³-hybridized carbons (Fsp3) is 0.367. The minimum Gasteiger partial charge on any atom is -0.502 e. The number of amides is 1. The monoisotopic (exact) mass is 528 g/mol. The van der Waals surface area contributed by atoms with Crippen molar-refractivity contribution in [3.63, 3.8) is 0 Å². The molecular formula is C30H32N4O5. The number of carbonyl (C=O) groups excluding carboxylic acids is 1. The molecule has 2 aliphatic rings. The normalized spacial score (nSPS) is 18.3. The fourth-order valence-electron chi connectivity index (χ4n) is 4.87. The number of aromatic hydroxyl groups is 1. The second kappa shape index (κ2) is 11.7. The van der Waals surface area contributed by atoms with Crippen LogP contribution in [0.2, 0.25) is 0 Å². The molecule has 0 radical (unpaired) electrons. The van der Waals surface area contributed by atoms with E-state index in [-0.39, 0.29) is 30.2 Å². The Bertz CT molecular complexity index is 1420. The lowest BCUT2D eigenvalue weighted by molar-refractivity contribution is -0.0333. The lowest BCUT2D eigenvalue weighted by atomic mass is 9.92. The quantitative estimate of drug-likeness (QED) is 0.433. The predicted molar refractivity (Wildman–Crippen MR) is 145 cm³/mol. The van der Waals surface area contributed by atoms with Crippen LogP contribution < -0.4 is 5.56 Å². The maximum Gasteiger partial charge on any atom is 0.410 e. The topological polar surface area (TPSA) is 108 Å². The van der Waals surface area contributed by atoms with E-state index in [1.807, 2.05) is 43.3 Å². The zero-order valence-corrected chi connectivity index (χ0v) is 22.1. The Hall–Kier alpha value is -4.13. The number of methoxy groups -OCH3 is 1. The number of nitrogens with zero attached hydrogens (tertiary/aromatic N) is 3. The maximum absolute atomic E-state index is 12.3. The number of H-pyrrole nitrogens is 1. The van der Waals surface area contributed by atoms with Crippen LogP contribution in [0, 0.1) is 11.8 Å². The number of ether oxygens (including phenoxy) is 2. The summed E-state index contributed by atoms with van der Waals surface area (Å²) < 4.78 is 10.5. The van der Waals surface area contributed by atoms with Crippen molar-refractivity contribution in [2.24, 2.45) is 0 Å². The molecule has 1 amide bonds. The zero-order valence-electron chi connectivity index (χ0n) is 22.1. The van der Waals surface area contributed by atoms with Crippen LogP contribution in [0.4, 0.5) is 4.79 Å². The van der Waals surface area contributed by atoms with Crippen molar-refractivity contribution in [3.05, 3.63) is 93.2 Å². The SMILES string of the molecule is COC1CN(Cc2ccc(C#Cc3ccc(C(Cc4nc[nH]c(=O)c4O)CN4C(=O)OC[C@@H]4C)cc3)cc2)C1. The van der Waals surface area contributed by atoms with Crippen LogP contribution in [0.1, 0.15) is 40.8 Å². The van der Waals surface area contributed by atoms with Crippen LogP contribution in [-0.4, -0.2) is 76.5 Å². The largest absolute Gasteiger partial charge is 0.502 e. The van der Waals surface area contributed by atoms with Gasteiger partial charge in [0.1, 0.15) is 6.61 Å². The van der Waals surface area contributed by atoms with E-state index in [4.69, 9.17) is 9.47 Å². The smallest absolute Gasteiger partial charge is 0.410 e. The molecule has 9 heteroatoms. The lowest BCUT2D eigenvalue weighted by Gasteiger charge is -2.38. The third-order valence-electron chi connectivity index (χ3n) is 7.33. The van der Waals surface area contributed by atoms with Gasteiger partial charge in [0.15, 0.2) is 0 Å². The molecule has 5 rings (SSSR count). The number of benzene rings is 2. The summed E-state index contributed by atoms with van der Waals surface area (Å²) in [6, 6.07) is 16.1. The number of rotatable bonds is 8. The highest BCUT2D eigenvalue weighted by molar-refractivity contribution is 5.70. The van der Waals surface area contributed by atoms with Gasteiger partial charge in [-0.1, -0.05) is 36.1 Å². The molecule has 2 fully saturated rings. The summed E-state index contributed by atoms with van der Waals surface area (Å²) in [4.78, 5) is 34.7. The van der Waals surface area contributed by atoms with Crippen LogP contribution in [0.5, 0.6) is 5.75 Å². The number of hydrogen-bond donors (Lipinski definition) is 2. The molecule has 1 unspecified atom stereocenters. The van der Waals surface area contributed by atoms with Crippen molar-refractivity contribution >= 4 is 6.09 Å². The molecule has 1 aromatic heterocycles. The first kappa shape index (κ1) is 26.5. The van der Waals surface area contributed by atoms with Crippen molar-refractivity contribution in [2.45, 2.75) is 38.0 Å². The number of carbonyl (C=O) groups is 1.